The van der Waals surface area contributed by atoms with E-state index in [1.54, 1.807) is 6.07 Å². The predicted octanol–water partition coefficient (Wildman–Crippen LogP) is 3.78. The summed E-state index contributed by atoms with van der Waals surface area (Å²) in [6, 6.07) is 15.9. The van der Waals surface area contributed by atoms with Crippen molar-refractivity contribution in [1.82, 2.24) is 15.2 Å². The Balaban J connectivity index is 1.61. The molecule has 0 saturated carbocycles. The minimum Gasteiger partial charge on any atom is -0.363 e. The second-order valence-electron chi connectivity index (χ2n) is 7.49. The zero-order valence-electron chi connectivity index (χ0n) is 16.4. The molecule has 0 spiro atoms. The Hall–Kier alpha value is -3.72. The highest BCUT2D eigenvalue weighted by atomic mass is 16.6. The number of rotatable bonds is 4. The van der Waals surface area contributed by atoms with Crippen LogP contribution >= 0.6 is 0 Å². The molecule has 9 heteroatoms. The molecular weight excluding hydrogens is 384 g/mol. The third kappa shape index (κ3) is 3.18. The van der Waals surface area contributed by atoms with E-state index in [9.17, 15) is 10.1 Å². The lowest BCUT2D eigenvalue weighted by Gasteiger charge is -2.33. The molecule has 0 aliphatic carbocycles. The fourth-order valence-corrected chi connectivity index (χ4v) is 3.90. The summed E-state index contributed by atoms with van der Waals surface area (Å²) in [5.74, 6) is 0. The van der Waals surface area contributed by atoms with Crippen LogP contribution in [0.2, 0.25) is 0 Å². The molecular formula is C21H20N6O3. The SMILES string of the molecule is CN1CCN(c2cc(Nc3ccc4ccccc4c3)c3nonc3c2[N+](=O)[O-])CC1. The number of likely N-dealkylation sites (N-methyl/N-ethyl adjacent to an activating group) is 1. The number of aromatic nitrogens is 2. The predicted molar refractivity (Wildman–Crippen MR) is 115 cm³/mol. The van der Waals surface area contributed by atoms with Crippen molar-refractivity contribution in [2.45, 2.75) is 0 Å². The number of nitrogens with one attached hydrogen (secondary N) is 1. The minimum atomic E-state index is -0.403. The molecule has 4 aromatic rings. The van der Waals surface area contributed by atoms with Crippen LogP contribution in [-0.2, 0) is 0 Å². The Morgan fingerprint density at radius 1 is 1.00 bits per heavy atom. The van der Waals surface area contributed by atoms with Gasteiger partial charge in [-0.05, 0) is 46.3 Å². The normalized spacial score (nSPS) is 15.0. The van der Waals surface area contributed by atoms with E-state index in [4.69, 9.17) is 4.63 Å². The molecule has 1 fully saturated rings. The van der Waals surface area contributed by atoms with Crippen molar-refractivity contribution in [1.29, 1.82) is 0 Å². The Morgan fingerprint density at radius 2 is 1.73 bits per heavy atom. The summed E-state index contributed by atoms with van der Waals surface area (Å²) in [5, 5.41) is 25.3. The topological polar surface area (TPSA) is 101 Å². The summed E-state index contributed by atoms with van der Waals surface area (Å²) in [7, 11) is 2.04. The highest BCUT2D eigenvalue weighted by Crippen LogP contribution is 2.40. The van der Waals surface area contributed by atoms with Crippen molar-refractivity contribution in [3.63, 3.8) is 0 Å². The van der Waals surface area contributed by atoms with Crippen LogP contribution < -0.4 is 10.2 Å². The molecule has 5 rings (SSSR count). The van der Waals surface area contributed by atoms with Gasteiger partial charge in [-0.3, -0.25) is 10.1 Å². The van der Waals surface area contributed by atoms with Crippen LogP contribution in [0.3, 0.4) is 0 Å². The first-order chi connectivity index (χ1) is 14.6. The summed E-state index contributed by atoms with van der Waals surface area (Å²) in [6.07, 6.45) is 0. The number of benzene rings is 3. The number of nitro groups is 1. The zero-order valence-corrected chi connectivity index (χ0v) is 16.4. The third-order valence-corrected chi connectivity index (χ3v) is 5.55. The van der Waals surface area contributed by atoms with Gasteiger partial charge < -0.3 is 15.1 Å². The molecule has 9 nitrogen and oxygen atoms in total. The van der Waals surface area contributed by atoms with E-state index in [2.05, 4.69) is 26.6 Å². The molecule has 152 valence electrons. The van der Waals surface area contributed by atoms with Crippen LogP contribution in [-0.4, -0.2) is 53.4 Å². The molecule has 0 unspecified atom stereocenters. The van der Waals surface area contributed by atoms with E-state index in [1.165, 1.54) is 0 Å². The maximum absolute atomic E-state index is 11.9. The van der Waals surface area contributed by atoms with Crippen molar-refractivity contribution in [3.8, 4) is 0 Å². The first kappa shape index (κ1) is 18.3. The van der Waals surface area contributed by atoms with Crippen LogP contribution in [0, 0.1) is 10.1 Å². The van der Waals surface area contributed by atoms with Gasteiger partial charge in [0.15, 0.2) is 5.52 Å². The number of anilines is 3. The van der Waals surface area contributed by atoms with Crippen molar-refractivity contribution in [3.05, 3.63) is 58.6 Å². The van der Waals surface area contributed by atoms with Crippen molar-refractivity contribution in [2.24, 2.45) is 0 Å². The van der Waals surface area contributed by atoms with Gasteiger partial charge in [-0.15, -0.1) is 0 Å². The maximum atomic E-state index is 11.9. The third-order valence-electron chi connectivity index (χ3n) is 5.55. The molecule has 1 N–H and O–H groups in total. The first-order valence-corrected chi connectivity index (χ1v) is 9.73. The van der Waals surface area contributed by atoms with Crippen LogP contribution in [0.1, 0.15) is 0 Å². The maximum Gasteiger partial charge on any atom is 0.323 e. The van der Waals surface area contributed by atoms with E-state index in [0.717, 1.165) is 29.5 Å². The van der Waals surface area contributed by atoms with Crippen LogP contribution in [0.15, 0.2) is 53.2 Å². The van der Waals surface area contributed by atoms with Gasteiger partial charge in [0.05, 0.1) is 10.6 Å². The summed E-state index contributed by atoms with van der Waals surface area (Å²) in [6.45, 7) is 3.06. The molecule has 30 heavy (non-hydrogen) atoms. The average molecular weight is 404 g/mol. The van der Waals surface area contributed by atoms with Crippen molar-refractivity contribution in [2.75, 3.05) is 43.4 Å². The van der Waals surface area contributed by atoms with Gasteiger partial charge in [0.1, 0.15) is 5.69 Å². The molecule has 2 heterocycles. The van der Waals surface area contributed by atoms with Crippen LogP contribution in [0.25, 0.3) is 21.8 Å². The molecule has 1 saturated heterocycles. The van der Waals surface area contributed by atoms with Crippen molar-refractivity contribution >= 4 is 44.6 Å². The van der Waals surface area contributed by atoms with Gasteiger partial charge in [0.25, 0.3) is 0 Å². The van der Waals surface area contributed by atoms with Gasteiger partial charge in [-0.25, -0.2) is 4.63 Å². The van der Waals surface area contributed by atoms with Gasteiger partial charge in [-0.1, -0.05) is 30.3 Å². The zero-order chi connectivity index (χ0) is 20.7. The average Bonchev–Trinajstić information content (AvgIpc) is 3.23. The van der Waals surface area contributed by atoms with Gasteiger partial charge in [0, 0.05) is 31.9 Å². The molecule has 1 aromatic heterocycles. The summed E-state index contributed by atoms with van der Waals surface area (Å²) < 4.78 is 4.89. The number of fused-ring (bicyclic) bond motifs is 2. The molecule has 1 aliphatic heterocycles. The van der Waals surface area contributed by atoms with Gasteiger partial charge >= 0.3 is 5.69 Å². The Morgan fingerprint density at radius 3 is 2.50 bits per heavy atom. The minimum absolute atomic E-state index is 0.0696. The fraction of sp³-hybridized carbons (Fsp3) is 0.238. The van der Waals surface area contributed by atoms with E-state index in [0.29, 0.717) is 30.0 Å². The second-order valence-corrected chi connectivity index (χ2v) is 7.49. The molecule has 0 amide bonds. The Labute approximate surface area is 172 Å². The number of piperazine rings is 1. The monoisotopic (exact) mass is 404 g/mol. The van der Waals surface area contributed by atoms with Crippen LogP contribution in [0.5, 0.6) is 0 Å². The lowest BCUT2D eigenvalue weighted by Crippen LogP contribution is -2.44. The smallest absolute Gasteiger partial charge is 0.323 e. The quantitative estimate of drug-likeness (QED) is 0.405. The first-order valence-electron chi connectivity index (χ1n) is 9.73. The molecule has 0 radical (unpaired) electrons. The lowest BCUT2D eigenvalue weighted by atomic mass is 10.1. The number of nitrogens with zero attached hydrogens (tertiary/aromatic N) is 5. The highest BCUT2D eigenvalue weighted by molar-refractivity contribution is 6.01. The van der Waals surface area contributed by atoms with Crippen molar-refractivity contribution < 1.29 is 9.55 Å². The Kier molecular flexibility index (Phi) is 4.44. The number of hydrogen-bond acceptors (Lipinski definition) is 8. The molecule has 0 atom stereocenters. The standard InChI is InChI=1S/C21H20N6O3/c1-25-8-10-26(11-9-25)18-13-17(19-20(24-30-23-19)21(18)27(28)29)22-16-7-6-14-4-2-3-5-15(14)12-16/h2-7,12-13,22H,8-11H2,1H3. The van der Waals surface area contributed by atoms with Gasteiger partial charge in [0.2, 0.25) is 5.52 Å². The van der Waals surface area contributed by atoms with Crippen LogP contribution in [0.4, 0.5) is 22.7 Å². The van der Waals surface area contributed by atoms with E-state index >= 15 is 0 Å². The summed E-state index contributed by atoms with van der Waals surface area (Å²) in [4.78, 5) is 15.7. The lowest BCUT2D eigenvalue weighted by molar-refractivity contribution is -0.382. The van der Waals surface area contributed by atoms with Gasteiger partial charge in [-0.2, -0.15) is 0 Å². The summed E-state index contributed by atoms with van der Waals surface area (Å²) in [5.41, 5.74) is 2.43. The van der Waals surface area contributed by atoms with E-state index in [-0.39, 0.29) is 11.2 Å². The molecule has 0 bridgehead atoms. The number of hydrogen-bond donors (Lipinski definition) is 1. The summed E-state index contributed by atoms with van der Waals surface area (Å²) >= 11 is 0. The fourth-order valence-electron chi connectivity index (χ4n) is 3.90. The highest BCUT2D eigenvalue weighted by Gasteiger charge is 2.30. The van der Waals surface area contributed by atoms with E-state index < -0.39 is 4.92 Å². The Bertz CT molecular complexity index is 1250. The molecule has 1 aliphatic rings. The largest absolute Gasteiger partial charge is 0.363 e. The molecule has 3 aromatic carbocycles. The number of nitro benzene ring substituents is 1. The van der Waals surface area contributed by atoms with E-state index in [1.807, 2.05) is 48.3 Å². The second kappa shape index (κ2) is 7.27.